The highest BCUT2D eigenvalue weighted by Gasteiger charge is 2.32. The third-order valence-electron chi connectivity index (χ3n) is 5.22. The van der Waals surface area contributed by atoms with E-state index in [0.717, 1.165) is 36.3 Å². The standard InChI is InChI=1S/C22H25N5O3/c1-14-10-18(26-22(23)25-14)21(28)27-9-4-3-8-19(27)20-24-13-17(30-20)12-15-6-5-7-16(11-15)29-2/h5-7,10-11,13,19H,3-4,8-9,12H2,1-2H3,(H2,23,25,26). The van der Waals surface area contributed by atoms with Gasteiger partial charge in [0.15, 0.2) is 0 Å². The summed E-state index contributed by atoms with van der Waals surface area (Å²) in [5, 5.41) is 0. The van der Waals surface area contributed by atoms with Gasteiger partial charge in [-0.05, 0) is 49.9 Å². The highest BCUT2D eigenvalue weighted by atomic mass is 16.5. The largest absolute Gasteiger partial charge is 0.497 e. The number of carbonyl (C=O) groups is 1. The number of nitrogen functional groups attached to an aromatic ring is 1. The fourth-order valence-electron chi connectivity index (χ4n) is 3.82. The molecule has 1 saturated heterocycles. The Hall–Kier alpha value is -3.42. The van der Waals surface area contributed by atoms with Crippen LogP contribution in [0.4, 0.5) is 5.95 Å². The van der Waals surface area contributed by atoms with Gasteiger partial charge >= 0.3 is 0 Å². The number of nitrogens with two attached hydrogens (primary N) is 1. The molecule has 1 aliphatic heterocycles. The Kier molecular flexibility index (Phi) is 5.65. The molecule has 0 aliphatic carbocycles. The normalized spacial score (nSPS) is 16.5. The topological polar surface area (TPSA) is 107 Å². The van der Waals surface area contributed by atoms with Crippen molar-refractivity contribution in [1.82, 2.24) is 19.9 Å². The molecule has 0 saturated carbocycles. The average molecular weight is 407 g/mol. The van der Waals surface area contributed by atoms with E-state index in [1.54, 1.807) is 31.2 Å². The smallest absolute Gasteiger partial charge is 0.273 e. The number of aromatic nitrogens is 3. The fraction of sp³-hybridized carbons (Fsp3) is 0.364. The van der Waals surface area contributed by atoms with Crippen molar-refractivity contribution in [2.75, 3.05) is 19.4 Å². The quantitative estimate of drug-likeness (QED) is 0.691. The molecule has 0 bridgehead atoms. The van der Waals surface area contributed by atoms with Crippen LogP contribution < -0.4 is 10.5 Å². The maximum atomic E-state index is 13.2. The summed E-state index contributed by atoms with van der Waals surface area (Å²) in [6.07, 6.45) is 5.07. The van der Waals surface area contributed by atoms with Gasteiger partial charge in [0.1, 0.15) is 23.2 Å². The molecule has 1 fully saturated rings. The van der Waals surface area contributed by atoms with E-state index in [9.17, 15) is 4.79 Å². The van der Waals surface area contributed by atoms with Gasteiger partial charge in [0.2, 0.25) is 11.8 Å². The molecular formula is C22H25N5O3. The Morgan fingerprint density at radius 2 is 2.17 bits per heavy atom. The van der Waals surface area contributed by atoms with Crippen LogP contribution >= 0.6 is 0 Å². The lowest BCUT2D eigenvalue weighted by Crippen LogP contribution is -2.39. The summed E-state index contributed by atoms with van der Waals surface area (Å²) in [4.78, 5) is 27.6. The molecule has 1 atom stereocenters. The second-order valence-corrected chi connectivity index (χ2v) is 7.46. The van der Waals surface area contributed by atoms with Crippen molar-refractivity contribution in [1.29, 1.82) is 0 Å². The molecule has 2 N–H and O–H groups in total. The Balaban J connectivity index is 1.55. The second kappa shape index (κ2) is 8.52. The third-order valence-corrected chi connectivity index (χ3v) is 5.22. The summed E-state index contributed by atoms with van der Waals surface area (Å²) in [6, 6.07) is 9.28. The molecule has 0 spiro atoms. The minimum atomic E-state index is -0.221. The van der Waals surface area contributed by atoms with Crippen LogP contribution in [-0.4, -0.2) is 39.4 Å². The van der Waals surface area contributed by atoms with Crippen LogP contribution in [0.15, 0.2) is 40.9 Å². The summed E-state index contributed by atoms with van der Waals surface area (Å²) in [7, 11) is 1.65. The monoisotopic (exact) mass is 407 g/mol. The maximum Gasteiger partial charge on any atom is 0.273 e. The number of piperidine rings is 1. The van der Waals surface area contributed by atoms with Gasteiger partial charge in [-0.2, -0.15) is 0 Å². The molecule has 156 valence electrons. The number of likely N-dealkylation sites (tertiary alicyclic amines) is 1. The molecule has 8 nitrogen and oxygen atoms in total. The van der Waals surface area contributed by atoms with Crippen molar-refractivity contribution in [3.8, 4) is 5.75 Å². The Morgan fingerprint density at radius 3 is 2.97 bits per heavy atom. The molecule has 1 unspecified atom stereocenters. The first-order valence-corrected chi connectivity index (χ1v) is 10.0. The van der Waals surface area contributed by atoms with E-state index in [-0.39, 0.29) is 17.9 Å². The Labute approximate surface area is 175 Å². The van der Waals surface area contributed by atoms with Crippen molar-refractivity contribution in [2.45, 2.75) is 38.6 Å². The number of anilines is 1. The van der Waals surface area contributed by atoms with Crippen molar-refractivity contribution >= 4 is 11.9 Å². The minimum absolute atomic E-state index is 0.101. The van der Waals surface area contributed by atoms with Gasteiger partial charge in [-0.25, -0.2) is 15.0 Å². The molecule has 4 rings (SSSR count). The molecule has 3 heterocycles. The number of amides is 1. The van der Waals surface area contributed by atoms with Gasteiger partial charge in [0.05, 0.1) is 13.3 Å². The predicted molar refractivity (Wildman–Crippen MR) is 111 cm³/mol. The van der Waals surface area contributed by atoms with E-state index in [0.29, 0.717) is 30.2 Å². The van der Waals surface area contributed by atoms with Crippen LogP contribution in [0.2, 0.25) is 0 Å². The summed E-state index contributed by atoms with van der Waals surface area (Å²) < 4.78 is 11.3. The van der Waals surface area contributed by atoms with E-state index in [2.05, 4.69) is 15.0 Å². The van der Waals surface area contributed by atoms with Crippen LogP contribution in [0.25, 0.3) is 0 Å². The number of oxazole rings is 1. The van der Waals surface area contributed by atoms with Crippen molar-refractivity contribution in [3.05, 3.63) is 65.1 Å². The lowest BCUT2D eigenvalue weighted by molar-refractivity contribution is 0.0564. The van der Waals surface area contributed by atoms with Crippen LogP contribution in [0, 0.1) is 6.92 Å². The average Bonchev–Trinajstić information content (AvgIpc) is 3.21. The first-order chi connectivity index (χ1) is 14.5. The molecular weight excluding hydrogens is 382 g/mol. The fourth-order valence-corrected chi connectivity index (χ4v) is 3.82. The van der Waals surface area contributed by atoms with Crippen molar-refractivity contribution < 1.29 is 13.9 Å². The van der Waals surface area contributed by atoms with Crippen molar-refractivity contribution in [2.24, 2.45) is 0 Å². The zero-order valence-electron chi connectivity index (χ0n) is 17.2. The highest BCUT2D eigenvalue weighted by Crippen LogP contribution is 2.32. The number of nitrogens with zero attached hydrogens (tertiary/aromatic N) is 4. The van der Waals surface area contributed by atoms with Crippen LogP contribution in [0.1, 0.15) is 58.7 Å². The van der Waals surface area contributed by atoms with E-state index in [1.165, 1.54) is 0 Å². The summed E-state index contributed by atoms with van der Waals surface area (Å²) in [5.41, 5.74) is 7.77. The van der Waals surface area contributed by atoms with Gasteiger partial charge < -0.3 is 19.8 Å². The number of rotatable bonds is 5. The zero-order chi connectivity index (χ0) is 21.1. The summed E-state index contributed by atoms with van der Waals surface area (Å²) >= 11 is 0. The number of carbonyl (C=O) groups excluding carboxylic acids is 1. The molecule has 1 amide bonds. The SMILES string of the molecule is COc1cccc(Cc2cnc(C3CCCCN3C(=O)c3cc(C)nc(N)n3)o2)c1. The van der Waals surface area contributed by atoms with Crippen LogP contribution in [0.3, 0.4) is 0 Å². The molecule has 8 heteroatoms. The number of hydrogen-bond donors (Lipinski definition) is 1. The Morgan fingerprint density at radius 1 is 1.30 bits per heavy atom. The third kappa shape index (κ3) is 4.27. The number of methoxy groups -OCH3 is 1. The van der Waals surface area contributed by atoms with E-state index < -0.39 is 0 Å². The summed E-state index contributed by atoms with van der Waals surface area (Å²) in [5.74, 6) is 2.03. The Bertz CT molecular complexity index is 1030. The van der Waals surface area contributed by atoms with E-state index in [4.69, 9.17) is 14.9 Å². The molecule has 0 radical (unpaired) electrons. The summed E-state index contributed by atoms with van der Waals surface area (Å²) in [6.45, 7) is 2.42. The first kappa shape index (κ1) is 19.9. The number of hydrogen-bond acceptors (Lipinski definition) is 7. The molecule has 1 aromatic carbocycles. The molecule has 30 heavy (non-hydrogen) atoms. The lowest BCUT2D eigenvalue weighted by atomic mass is 10.0. The lowest BCUT2D eigenvalue weighted by Gasteiger charge is -2.33. The van der Waals surface area contributed by atoms with Gasteiger partial charge in [-0.15, -0.1) is 0 Å². The van der Waals surface area contributed by atoms with E-state index >= 15 is 0 Å². The molecule has 1 aliphatic rings. The number of ether oxygens (including phenoxy) is 1. The van der Waals surface area contributed by atoms with Gasteiger partial charge in [0.25, 0.3) is 5.91 Å². The number of aryl methyl sites for hydroxylation is 1. The number of benzene rings is 1. The minimum Gasteiger partial charge on any atom is -0.497 e. The van der Waals surface area contributed by atoms with Gasteiger partial charge in [0, 0.05) is 18.7 Å². The predicted octanol–water partition coefficient (Wildman–Crippen LogP) is 3.32. The van der Waals surface area contributed by atoms with Crippen LogP contribution in [-0.2, 0) is 6.42 Å². The molecule has 3 aromatic rings. The van der Waals surface area contributed by atoms with Crippen LogP contribution in [0.5, 0.6) is 5.75 Å². The zero-order valence-corrected chi connectivity index (χ0v) is 17.2. The maximum absolute atomic E-state index is 13.2. The molecule has 2 aromatic heterocycles. The first-order valence-electron chi connectivity index (χ1n) is 10.0. The van der Waals surface area contributed by atoms with Gasteiger partial charge in [-0.1, -0.05) is 12.1 Å². The highest BCUT2D eigenvalue weighted by molar-refractivity contribution is 5.93. The van der Waals surface area contributed by atoms with Crippen molar-refractivity contribution in [3.63, 3.8) is 0 Å². The second-order valence-electron chi connectivity index (χ2n) is 7.46. The van der Waals surface area contributed by atoms with E-state index in [1.807, 2.05) is 24.3 Å². The van der Waals surface area contributed by atoms with Gasteiger partial charge in [-0.3, -0.25) is 4.79 Å².